The molecule has 21 heavy (non-hydrogen) atoms. The summed E-state index contributed by atoms with van der Waals surface area (Å²) in [5.74, 6) is 1.77. The first-order valence-corrected chi connectivity index (χ1v) is 7.91. The van der Waals surface area contributed by atoms with Crippen molar-refractivity contribution in [3.05, 3.63) is 35.9 Å². The Hall–Kier alpha value is -1.61. The van der Waals surface area contributed by atoms with Gasteiger partial charge in [0, 0.05) is 24.0 Å². The van der Waals surface area contributed by atoms with Crippen molar-refractivity contribution in [1.29, 1.82) is 0 Å². The van der Waals surface area contributed by atoms with Crippen LogP contribution in [0.25, 0.3) is 10.9 Å². The van der Waals surface area contributed by atoms with Crippen molar-refractivity contribution in [1.82, 2.24) is 9.88 Å². The van der Waals surface area contributed by atoms with Crippen LogP contribution in [0.15, 0.2) is 30.3 Å². The van der Waals surface area contributed by atoms with Crippen LogP contribution < -0.4 is 5.32 Å². The van der Waals surface area contributed by atoms with Crippen LogP contribution in [0.3, 0.4) is 0 Å². The van der Waals surface area contributed by atoms with E-state index in [2.05, 4.69) is 62.3 Å². The maximum atomic E-state index is 4.78. The van der Waals surface area contributed by atoms with Gasteiger partial charge in [-0.25, -0.2) is 4.98 Å². The fourth-order valence-corrected chi connectivity index (χ4v) is 2.45. The van der Waals surface area contributed by atoms with E-state index in [1.54, 1.807) is 0 Å². The Morgan fingerprint density at radius 3 is 2.71 bits per heavy atom. The Bertz CT molecular complexity index is 578. The molecule has 3 nitrogen and oxygen atoms in total. The molecule has 0 saturated heterocycles. The van der Waals surface area contributed by atoms with Crippen LogP contribution in [0, 0.1) is 5.92 Å². The van der Waals surface area contributed by atoms with Crippen molar-refractivity contribution in [2.24, 2.45) is 5.92 Å². The van der Waals surface area contributed by atoms with Crippen molar-refractivity contribution < 1.29 is 0 Å². The normalized spacial score (nSPS) is 11.5. The van der Waals surface area contributed by atoms with Gasteiger partial charge in [0.1, 0.15) is 5.82 Å². The SMILES string of the molecule is CCNc1nc2ccccc2cc1CN(C)CCC(C)C. The molecule has 0 amide bonds. The lowest BCUT2D eigenvalue weighted by atomic mass is 10.1. The molecule has 0 unspecified atom stereocenters. The van der Waals surface area contributed by atoms with Crippen LogP contribution >= 0.6 is 0 Å². The average Bonchev–Trinajstić information content (AvgIpc) is 2.46. The second-order valence-corrected chi connectivity index (χ2v) is 6.14. The van der Waals surface area contributed by atoms with Crippen LogP contribution in [0.1, 0.15) is 32.8 Å². The Morgan fingerprint density at radius 1 is 1.24 bits per heavy atom. The highest BCUT2D eigenvalue weighted by Gasteiger charge is 2.09. The molecule has 0 aliphatic carbocycles. The molecule has 0 saturated carbocycles. The maximum absolute atomic E-state index is 4.78. The minimum atomic E-state index is 0.746. The number of fused-ring (bicyclic) bond motifs is 1. The van der Waals surface area contributed by atoms with E-state index >= 15 is 0 Å². The lowest BCUT2D eigenvalue weighted by Crippen LogP contribution is -2.21. The van der Waals surface area contributed by atoms with Crippen LogP contribution in [0.4, 0.5) is 5.82 Å². The molecule has 0 atom stereocenters. The molecular weight excluding hydrogens is 258 g/mol. The lowest BCUT2D eigenvalue weighted by molar-refractivity contribution is 0.304. The fraction of sp³-hybridized carbons (Fsp3) is 0.500. The second kappa shape index (κ2) is 7.41. The highest BCUT2D eigenvalue weighted by Crippen LogP contribution is 2.21. The molecule has 0 aliphatic heterocycles. The molecule has 1 N–H and O–H groups in total. The molecule has 0 aliphatic rings. The number of nitrogens with one attached hydrogen (secondary N) is 1. The van der Waals surface area contributed by atoms with Gasteiger partial charge in [-0.2, -0.15) is 0 Å². The van der Waals surface area contributed by atoms with Crippen molar-refractivity contribution in [2.75, 3.05) is 25.5 Å². The summed E-state index contributed by atoms with van der Waals surface area (Å²) >= 11 is 0. The van der Waals surface area contributed by atoms with Crippen molar-refractivity contribution in [3.63, 3.8) is 0 Å². The van der Waals surface area contributed by atoms with Gasteiger partial charge in [0.15, 0.2) is 0 Å². The Morgan fingerprint density at radius 2 is 2.00 bits per heavy atom. The Balaban J connectivity index is 2.21. The van der Waals surface area contributed by atoms with E-state index < -0.39 is 0 Å². The van der Waals surface area contributed by atoms with E-state index in [1.165, 1.54) is 17.4 Å². The van der Waals surface area contributed by atoms with Gasteiger partial charge in [-0.15, -0.1) is 0 Å². The number of pyridine rings is 1. The summed E-state index contributed by atoms with van der Waals surface area (Å²) in [6, 6.07) is 10.6. The third-order valence-corrected chi connectivity index (χ3v) is 3.68. The van der Waals surface area contributed by atoms with Gasteiger partial charge in [-0.05, 0) is 45.0 Å². The zero-order valence-corrected chi connectivity index (χ0v) is 13.7. The summed E-state index contributed by atoms with van der Waals surface area (Å²) in [7, 11) is 2.19. The number of para-hydroxylation sites is 1. The van der Waals surface area contributed by atoms with Gasteiger partial charge in [-0.1, -0.05) is 32.0 Å². The molecule has 1 aromatic heterocycles. The predicted molar refractivity (Wildman–Crippen MR) is 91.7 cm³/mol. The minimum Gasteiger partial charge on any atom is -0.370 e. The van der Waals surface area contributed by atoms with Gasteiger partial charge < -0.3 is 10.2 Å². The molecule has 3 heteroatoms. The van der Waals surface area contributed by atoms with Crippen LogP contribution in [-0.4, -0.2) is 30.0 Å². The van der Waals surface area contributed by atoms with Crippen LogP contribution in [-0.2, 0) is 6.54 Å². The van der Waals surface area contributed by atoms with Crippen molar-refractivity contribution in [2.45, 2.75) is 33.7 Å². The minimum absolute atomic E-state index is 0.746. The zero-order chi connectivity index (χ0) is 15.2. The van der Waals surface area contributed by atoms with E-state index in [4.69, 9.17) is 4.98 Å². The quantitative estimate of drug-likeness (QED) is 0.828. The highest BCUT2D eigenvalue weighted by molar-refractivity contribution is 5.81. The van der Waals surface area contributed by atoms with Gasteiger partial charge in [0.05, 0.1) is 5.52 Å². The molecule has 114 valence electrons. The van der Waals surface area contributed by atoms with E-state index in [1.807, 2.05) is 6.07 Å². The van der Waals surface area contributed by atoms with Gasteiger partial charge in [0.2, 0.25) is 0 Å². The van der Waals surface area contributed by atoms with Crippen LogP contribution in [0.2, 0.25) is 0 Å². The first-order valence-electron chi connectivity index (χ1n) is 7.91. The smallest absolute Gasteiger partial charge is 0.131 e. The van der Waals surface area contributed by atoms with Crippen molar-refractivity contribution in [3.8, 4) is 0 Å². The molecule has 1 aromatic carbocycles. The van der Waals surface area contributed by atoms with E-state index in [0.717, 1.165) is 36.9 Å². The standard InChI is InChI=1S/C18H27N3/c1-5-19-18-16(13-21(4)11-10-14(2)3)12-15-8-6-7-9-17(15)20-18/h6-9,12,14H,5,10-11,13H2,1-4H3,(H,19,20). The fourth-order valence-electron chi connectivity index (χ4n) is 2.45. The third kappa shape index (κ3) is 4.43. The molecule has 2 rings (SSSR count). The maximum Gasteiger partial charge on any atom is 0.131 e. The predicted octanol–water partition coefficient (Wildman–Crippen LogP) is 4.14. The topological polar surface area (TPSA) is 28.2 Å². The molecule has 1 heterocycles. The summed E-state index contributed by atoms with van der Waals surface area (Å²) in [5.41, 5.74) is 2.34. The summed E-state index contributed by atoms with van der Waals surface area (Å²) in [6.07, 6.45) is 1.23. The summed E-state index contributed by atoms with van der Waals surface area (Å²) in [4.78, 5) is 7.16. The highest BCUT2D eigenvalue weighted by atomic mass is 15.1. The molecule has 2 aromatic rings. The van der Waals surface area contributed by atoms with Gasteiger partial charge in [0.25, 0.3) is 0 Å². The number of benzene rings is 1. The number of hydrogen-bond donors (Lipinski definition) is 1. The summed E-state index contributed by atoms with van der Waals surface area (Å²) in [5, 5.41) is 4.61. The number of rotatable bonds is 7. The molecule has 0 spiro atoms. The number of nitrogens with zero attached hydrogens (tertiary/aromatic N) is 2. The molecule has 0 fully saturated rings. The van der Waals surface area contributed by atoms with E-state index in [9.17, 15) is 0 Å². The number of aromatic nitrogens is 1. The first kappa shape index (κ1) is 15.8. The molecule has 0 bridgehead atoms. The second-order valence-electron chi connectivity index (χ2n) is 6.14. The summed E-state index contributed by atoms with van der Waals surface area (Å²) < 4.78 is 0. The zero-order valence-electron chi connectivity index (χ0n) is 13.7. The summed E-state index contributed by atoms with van der Waals surface area (Å²) in [6.45, 7) is 9.62. The van der Waals surface area contributed by atoms with E-state index in [-0.39, 0.29) is 0 Å². The third-order valence-electron chi connectivity index (χ3n) is 3.68. The van der Waals surface area contributed by atoms with E-state index in [0.29, 0.717) is 0 Å². The van der Waals surface area contributed by atoms with Crippen LogP contribution in [0.5, 0.6) is 0 Å². The largest absolute Gasteiger partial charge is 0.370 e. The molecular formula is C18H27N3. The van der Waals surface area contributed by atoms with Gasteiger partial charge in [-0.3, -0.25) is 0 Å². The van der Waals surface area contributed by atoms with Crippen molar-refractivity contribution >= 4 is 16.7 Å². The average molecular weight is 285 g/mol. The molecule has 0 radical (unpaired) electrons. The Labute approximate surface area is 128 Å². The van der Waals surface area contributed by atoms with Gasteiger partial charge >= 0.3 is 0 Å². The number of hydrogen-bond acceptors (Lipinski definition) is 3. The monoisotopic (exact) mass is 285 g/mol. The lowest BCUT2D eigenvalue weighted by Gasteiger charge is -2.20. The number of anilines is 1. The first-order chi connectivity index (χ1) is 10.1. The Kier molecular flexibility index (Phi) is 5.57.